The van der Waals surface area contributed by atoms with Gasteiger partial charge in [-0.15, -0.1) is 0 Å². The molecule has 1 aliphatic heterocycles. The summed E-state index contributed by atoms with van der Waals surface area (Å²) in [5.74, 6) is 0.785. The predicted octanol–water partition coefficient (Wildman–Crippen LogP) is 2.71. The monoisotopic (exact) mass is 355 g/mol. The van der Waals surface area contributed by atoms with Crippen molar-refractivity contribution in [3.8, 4) is 11.5 Å². The minimum absolute atomic E-state index is 0.0300. The number of aliphatic hydroxyl groups is 1. The number of hydrogen-bond donors (Lipinski definition) is 2. The largest absolute Gasteiger partial charge is 0.437 e. The molecule has 2 aromatic rings. The lowest BCUT2D eigenvalue weighted by Crippen LogP contribution is -2.48. The third-order valence-electron chi connectivity index (χ3n) is 5.68. The fourth-order valence-electron chi connectivity index (χ4n) is 3.67. The molecule has 2 heterocycles. The molecule has 2 aliphatic rings. The number of hydrogen-bond acceptors (Lipinski definition) is 5. The van der Waals surface area contributed by atoms with E-state index in [0.717, 1.165) is 31.5 Å². The number of aromatic nitrogens is 1. The Balaban J connectivity index is 1.34. The van der Waals surface area contributed by atoms with Crippen molar-refractivity contribution in [3.05, 3.63) is 42.3 Å². The maximum Gasteiger partial charge on any atom is 0.239 e. The van der Waals surface area contributed by atoms with Crippen molar-refractivity contribution in [2.45, 2.75) is 44.9 Å². The highest BCUT2D eigenvalue weighted by Crippen LogP contribution is 2.53. The zero-order valence-corrected chi connectivity index (χ0v) is 15.0. The van der Waals surface area contributed by atoms with Crippen LogP contribution in [0.25, 0.3) is 11.5 Å². The summed E-state index contributed by atoms with van der Waals surface area (Å²) < 4.78 is 5.64. The van der Waals surface area contributed by atoms with E-state index in [2.05, 4.69) is 10.3 Å². The van der Waals surface area contributed by atoms with Gasteiger partial charge in [-0.2, -0.15) is 0 Å². The molecule has 26 heavy (non-hydrogen) atoms. The van der Waals surface area contributed by atoms with E-state index in [4.69, 9.17) is 4.42 Å². The summed E-state index contributed by atoms with van der Waals surface area (Å²) in [6.45, 7) is 3.42. The van der Waals surface area contributed by atoms with Gasteiger partial charge in [0, 0.05) is 18.7 Å². The van der Waals surface area contributed by atoms with Crippen molar-refractivity contribution in [1.82, 2.24) is 15.2 Å². The molecule has 6 heteroatoms. The van der Waals surface area contributed by atoms with Crippen LogP contribution in [0.5, 0.6) is 0 Å². The highest BCUT2D eigenvalue weighted by Gasteiger charge is 2.45. The number of piperidine rings is 1. The lowest BCUT2D eigenvalue weighted by molar-refractivity contribution is -0.135. The highest BCUT2D eigenvalue weighted by molar-refractivity contribution is 5.81. The van der Waals surface area contributed by atoms with Gasteiger partial charge in [0.15, 0.2) is 12.0 Å². The van der Waals surface area contributed by atoms with E-state index < -0.39 is 12.3 Å². The van der Waals surface area contributed by atoms with Crippen molar-refractivity contribution >= 4 is 5.91 Å². The number of nitrogens with zero attached hydrogens (tertiary/aromatic N) is 2. The van der Waals surface area contributed by atoms with E-state index >= 15 is 0 Å². The quantitative estimate of drug-likeness (QED) is 0.806. The van der Waals surface area contributed by atoms with E-state index in [1.54, 1.807) is 6.92 Å². The van der Waals surface area contributed by atoms with Crippen LogP contribution in [0, 0.1) is 5.41 Å². The minimum atomic E-state index is -1.07. The molecule has 2 fully saturated rings. The van der Waals surface area contributed by atoms with Gasteiger partial charge in [0.25, 0.3) is 0 Å². The van der Waals surface area contributed by atoms with Crippen LogP contribution in [0.1, 0.15) is 44.6 Å². The second-order valence-corrected chi connectivity index (χ2v) is 7.55. The molecule has 1 amide bonds. The lowest BCUT2D eigenvalue weighted by atomic mass is 9.93. The summed E-state index contributed by atoms with van der Waals surface area (Å²) >= 11 is 0. The number of likely N-dealkylation sites (tertiary alicyclic amines) is 1. The van der Waals surface area contributed by atoms with Gasteiger partial charge in [0.2, 0.25) is 11.8 Å². The normalized spacial score (nSPS) is 20.8. The van der Waals surface area contributed by atoms with Crippen LogP contribution >= 0.6 is 0 Å². The van der Waals surface area contributed by atoms with Crippen molar-refractivity contribution in [1.29, 1.82) is 0 Å². The SMILES string of the molecule is C[C@@H](NC(O)c1cnc(-c2ccccc2)o1)C(=O)N1CCC2(CC1)CC2. The van der Waals surface area contributed by atoms with Gasteiger partial charge in [0.05, 0.1) is 12.2 Å². The average molecular weight is 355 g/mol. The maximum absolute atomic E-state index is 12.6. The number of carbonyl (C=O) groups excluding carboxylic acids is 1. The van der Waals surface area contributed by atoms with Crippen LogP contribution in [0.3, 0.4) is 0 Å². The Labute approximate surface area is 153 Å². The first kappa shape index (κ1) is 17.2. The van der Waals surface area contributed by atoms with Crippen molar-refractivity contribution in [2.75, 3.05) is 13.1 Å². The smallest absolute Gasteiger partial charge is 0.239 e. The summed E-state index contributed by atoms with van der Waals surface area (Å²) in [5.41, 5.74) is 1.39. The van der Waals surface area contributed by atoms with Gasteiger partial charge in [-0.25, -0.2) is 4.98 Å². The Morgan fingerprint density at radius 2 is 1.92 bits per heavy atom. The van der Waals surface area contributed by atoms with Crippen LogP contribution in [-0.2, 0) is 4.79 Å². The van der Waals surface area contributed by atoms with Gasteiger partial charge in [-0.1, -0.05) is 18.2 Å². The summed E-state index contributed by atoms with van der Waals surface area (Å²) in [6, 6.07) is 9.03. The fourth-order valence-corrected chi connectivity index (χ4v) is 3.67. The van der Waals surface area contributed by atoms with Gasteiger partial charge >= 0.3 is 0 Å². The Kier molecular flexibility index (Phi) is 4.54. The summed E-state index contributed by atoms with van der Waals surface area (Å²) in [4.78, 5) is 18.7. The molecule has 138 valence electrons. The van der Waals surface area contributed by atoms with E-state index in [0.29, 0.717) is 17.1 Å². The van der Waals surface area contributed by atoms with Crippen molar-refractivity contribution < 1.29 is 14.3 Å². The number of benzene rings is 1. The number of oxazole rings is 1. The average Bonchev–Trinajstić information content (AvgIpc) is 3.23. The molecule has 4 rings (SSSR count). The lowest BCUT2D eigenvalue weighted by Gasteiger charge is -2.34. The van der Waals surface area contributed by atoms with Crippen LogP contribution in [-0.4, -0.2) is 40.0 Å². The number of nitrogens with one attached hydrogen (secondary N) is 1. The third kappa shape index (κ3) is 3.52. The molecule has 1 aromatic carbocycles. The van der Waals surface area contributed by atoms with E-state index in [1.165, 1.54) is 19.0 Å². The number of rotatable bonds is 5. The van der Waals surface area contributed by atoms with Crippen LogP contribution in [0.15, 0.2) is 40.9 Å². The summed E-state index contributed by atoms with van der Waals surface area (Å²) in [5, 5.41) is 13.3. The molecule has 1 spiro atoms. The Bertz CT molecular complexity index is 760. The highest BCUT2D eigenvalue weighted by atomic mass is 16.4. The molecule has 6 nitrogen and oxygen atoms in total. The van der Waals surface area contributed by atoms with Crippen LogP contribution in [0.2, 0.25) is 0 Å². The van der Waals surface area contributed by atoms with Crippen molar-refractivity contribution in [3.63, 3.8) is 0 Å². The zero-order valence-electron chi connectivity index (χ0n) is 15.0. The second-order valence-electron chi connectivity index (χ2n) is 7.55. The first-order chi connectivity index (χ1) is 12.6. The van der Waals surface area contributed by atoms with Crippen molar-refractivity contribution in [2.24, 2.45) is 5.41 Å². The molecular weight excluding hydrogens is 330 g/mol. The third-order valence-corrected chi connectivity index (χ3v) is 5.68. The Morgan fingerprint density at radius 1 is 1.23 bits per heavy atom. The standard InChI is InChI=1S/C20H25N3O3/c1-14(19(25)23-11-9-20(7-8-20)10-12-23)22-17(24)16-13-21-18(26-16)15-5-3-2-4-6-15/h2-6,13-14,17,22,24H,7-12H2,1H3/t14-,17?/m1/s1. The van der Waals surface area contributed by atoms with Gasteiger partial charge in [-0.05, 0) is 50.2 Å². The molecule has 2 N–H and O–H groups in total. The molecule has 1 aromatic heterocycles. The topological polar surface area (TPSA) is 78.6 Å². The van der Waals surface area contributed by atoms with Crippen LogP contribution < -0.4 is 5.32 Å². The Hall–Kier alpha value is -2.18. The van der Waals surface area contributed by atoms with E-state index in [-0.39, 0.29) is 5.91 Å². The molecule has 1 unspecified atom stereocenters. The minimum Gasteiger partial charge on any atom is -0.437 e. The van der Waals surface area contributed by atoms with Gasteiger partial charge in [0.1, 0.15) is 0 Å². The zero-order chi connectivity index (χ0) is 18.1. The van der Waals surface area contributed by atoms with E-state index in [1.807, 2.05) is 35.2 Å². The van der Waals surface area contributed by atoms with Crippen LogP contribution in [0.4, 0.5) is 0 Å². The van der Waals surface area contributed by atoms with E-state index in [9.17, 15) is 9.90 Å². The maximum atomic E-state index is 12.6. The van der Waals surface area contributed by atoms with Gasteiger partial charge < -0.3 is 14.4 Å². The summed E-state index contributed by atoms with van der Waals surface area (Å²) in [7, 11) is 0. The molecule has 2 atom stereocenters. The molecule has 1 saturated carbocycles. The first-order valence-corrected chi connectivity index (χ1v) is 9.30. The molecule has 0 radical (unpaired) electrons. The number of amides is 1. The van der Waals surface area contributed by atoms with Gasteiger partial charge in [-0.3, -0.25) is 10.1 Å². The number of aliphatic hydroxyl groups excluding tert-OH is 1. The number of carbonyl (C=O) groups is 1. The summed E-state index contributed by atoms with van der Waals surface area (Å²) in [6.07, 6.45) is 5.27. The molecule has 0 bridgehead atoms. The second kappa shape index (κ2) is 6.85. The molecule has 1 aliphatic carbocycles. The Morgan fingerprint density at radius 3 is 2.58 bits per heavy atom. The first-order valence-electron chi connectivity index (χ1n) is 9.30. The molecule has 1 saturated heterocycles. The molecular formula is C20H25N3O3. The predicted molar refractivity (Wildman–Crippen MR) is 97.0 cm³/mol. The fraction of sp³-hybridized carbons (Fsp3) is 0.500.